The van der Waals surface area contributed by atoms with Gasteiger partial charge in [-0.2, -0.15) is 5.10 Å². The number of phenolic OH excluding ortho intramolecular Hbond substituents is 1. The van der Waals surface area contributed by atoms with Gasteiger partial charge in [0, 0.05) is 6.07 Å². The zero-order valence-electron chi connectivity index (χ0n) is 14.4. The number of nitrogens with zero attached hydrogens (tertiary/aromatic N) is 3. The third kappa shape index (κ3) is 2.61. The van der Waals surface area contributed by atoms with Crippen LogP contribution in [0.4, 0.5) is 0 Å². The van der Waals surface area contributed by atoms with Gasteiger partial charge in [-0.15, -0.1) is 0 Å². The van der Waals surface area contributed by atoms with E-state index in [-0.39, 0.29) is 5.75 Å². The monoisotopic (exact) mass is 347 g/mol. The molecule has 2 aromatic heterocycles. The zero-order valence-corrected chi connectivity index (χ0v) is 14.4. The van der Waals surface area contributed by atoms with Gasteiger partial charge >= 0.3 is 0 Å². The number of aryl methyl sites for hydroxylation is 1. The molecule has 6 nitrogen and oxygen atoms in total. The lowest BCUT2D eigenvalue weighted by Gasteiger charge is -2.09. The summed E-state index contributed by atoms with van der Waals surface area (Å²) in [5, 5.41) is 18.9. The van der Waals surface area contributed by atoms with Crippen LogP contribution in [0.15, 0.2) is 65.3 Å². The Morgan fingerprint density at radius 1 is 1.08 bits per heavy atom. The van der Waals surface area contributed by atoms with E-state index in [2.05, 4.69) is 10.3 Å². The molecule has 0 aliphatic heterocycles. The molecule has 0 fully saturated rings. The third-order valence-electron chi connectivity index (χ3n) is 4.21. The van der Waals surface area contributed by atoms with Crippen LogP contribution >= 0.6 is 0 Å². The van der Waals surface area contributed by atoms with Crippen molar-refractivity contribution in [1.29, 1.82) is 0 Å². The first-order valence-corrected chi connectivity index (χ1v) is 8.12. The van der Waals surface area contributed by atoms with Crippen LogP contribution < -0.4 is 4.74 Å². The van der Waals surface area contributed by atoms with Crippen molar-refractivity contribution in [3.63, 3.8) is 0 Å². The van der Waals surface area contributed by atoms with Crippen LogP contribution in [-0.2, 0) is 0 Å². The Hall–Kier alpha value is -3.54. The highest BCUT2D eigenvalue weighted by molar-refractivity contribution is 5.83. The fourth-order valence-electron chi connectivity index (χ4n) is 2.95. The fourth-order valence-corrected chi connectivity index (χ4v) is 2.95. The standard InChI is InChI=1S/C20H17N3O3/c1-13-19(17-10-11-21-23(17)14-6-4-3-5-7-14)20(26-22-13)16-9-8-15(25-2)12-18(16)24/h3-12,24H,1-2H3. The van der Waals surface area contributed by atoms with Crippen LogP contribution in [0.1, 0.15) is 5.69 Å². The van der Waals surface area contributed by atoms with Crippen LogP contribution in [0.5, 0.6) is 11.5 Å². The maximum Gasteiger partial charge on any atom is 0.180 e. The average molecular weight is 347 g/mol. The van der Waals surface area contributed by atoms with Gasteiger partial charge in [0.1, 0.15) is 11.5 Å². The lowest BCUT2D eigenvalue weighted by molar-refractivity contribution is 0.405. The van der Waals surface area contributed by atoms with Crippen LogP contribution in [0.3, 0.4) is 0 Å². The second-order valence-corrected chi connectivity index (χ2v) is 5.82. The first-order chi connectivity index (χ1) is 12.7. The molecule has 130 valence electrons. The van der Waals surface area contributed by atoms with Crippen LogP contribution in [0.25, 0.3) is 28.3 Å². The summed E-state index contributed by atoms with van der Waals surface area (Å²) in [7, 11) is 1.55. The molecule has 0 saturated carbocycles. The molecular weight excluding hydrogens is 330 g/mol. The van der Waals surface area contributed by atoms with Crippen molar-refractivity contribution in [2.75, 3.05) is 7.11 Å². The summed E-state index contributed by atoms with van der Waals surface area (Å²) in [6.07, 6.45) is 1.73. The number of methoxy groups -OCH3 is 1. The summed E-state index contributed by atoms with van der Waals surface area (Å²) >= 11 is 0. The molecule has 0 radical (unpaired) electrons. The van der Waals surface area contributed by atoms with Crippen molar-refractivity contribution in [1.82, 2.24) is 14.9 Å². The van der Waals surface area contributed by atoms with Gasteiger partial charge in [0.15, 0.2) is 5.76 Å². The molecule has 4 rings (SSSR count). The molecule has 0 bridgehead atoms. The number of para-hydroxylation sites is 1. The SMILES string of the molecule is COc1ccc(-c2onc(C)c2-c2ccnn2-c2ccccc2)c(O)c1. The molecule has 0 spiro atoms. The second kappa shape index (κ2) is 6.40. The maximum absolute atomic E-state index is 10.4. The van der Waals surface area contributed by atoms with Gasteiger partial charge in [-0.25, -0.2) is 4.68 Å². The smallest absolute Gasteiger partial charge is 0.180 e. The van der Waals surface area contributed by atoms with Crippen molar-refractivity contribution in [2.24, 2.45) is 0 Å². The molecule has 0 aliphatic carbocycles. The maximum atomic E-state index is 10.4. The molecule has 2 aromatic carbocycles. The summed E-state index contributed by atoms with van der Waals surface area (Å²) in [4.78, 5) is 0. The predicted molar refractivity (Wildman–Crippen MR) is 97.5 cm³/mol. The molecule has 0 amide bonds. The largest absolute Gasteiger partial charge is 0.507 e. The molecule has 6 heteroatoms. The number of ether oxygens (including phenoxy) is 1. The first-order valence-electron chi connectivity index (χ1n) is 8.12. The molecule has 4 aromatic rings. The Bertz CT molecular complexity index is 1050. The quantitative estimate of drug-likeness (QED) is 0.598. The molecular formula is C20H17N3O3. The van der Waals surface area contributed by atoms with Crippen LogP contribution in [0, 0.1) is 6.92 Å². The number of aromatic nitrogens is 3. The van der Waals surface area contributed by atoms with Crippen LogP contribution in [-0.4, -0.2) is 27.2 Å². The minimum Gasteiger partial charge on any atom is -0.507 e. The number of aromatic hydroxyl groups is 1. The zero-order chi connectivity index (χ0) is 18.1. The minimum atomic E-state index is 0.0625. The third-order valence-corrected chi connectivity index (χ3v) is 4.21. The number of phenols is 1. The molecule has 1 N–H and O–H groups in total. The summed E-state index contributed by atoms with van der Waals surface area (Å²) in [6, 6.07) is 16.8. The summed E-state index contributed by atoms with van der Waals surface area (Å²) in [6.45, 7) is 1.87. The van der Waals surface area contributed by atoms with Crippen molar-refractivity contribution >= 4 is 0 Å². The van der Waals surface area contributed by atoms with Crippen molar-refractivity contribution < 1.29 is 14.4 Å². The van der Waals surface area contributed by atoms with E-state index in [4.69, 9.17) is 9.26 Å². The van der Waals surface area contributed by atoms with Gasteiger partial charge < -0.3 is 14.4 Å². The predicted octanol–water partition coefficient (Wildman–Crippen LogP) is 4.22. The van der Waals surface area contributed by atoms with Crippen molar-refractivity contribution in [3.8, 4) is 39.8 Å². The Morgan fingerprint density at radius 3 is 2.62 bits per heavy atom. The van der Waals surface area contributed by atoms with E-state index in [0.29, 0.717) is 22.8 Å². The Morgan fingerprint density at radius 2 is 1.88 bits per heavy atom. The number of benzene rings is 2. The minimum absolute atomic E-state index is 0.0625. The molecule has 26 heavy (non-hydrogen) atoms. The molecule has 0 unspecified atom stereocenters. The van der Waals surface area contributed by atoms with E-state index >= 15 is 0 Å². The van der Waals surface area contributed by atoms with E-state index in [1.54, 1.807) is 31.5 Å². The van der Waals surface area contributed by atoms with Gasteiger partial charge in [0.2, 0.25) is 0 Å². The van der Waals surface area contributed by atoms with E-state index in [1.807, 2.05) is 48.0 Å². The number of hydrogen-bond acceptors (Lipinski definition) is 5. The highest BCUT2D eigenvalue weighted by Crippen LogP contribution is 2.40. The molecule has 0 aliphatic rings. The Kier molecular flexibility index (Phi) is 3.93. The molecule has 0 saturated heterocycles. The fraction of sp³-hybridized carbons (Fsp3) is 0.100. The topological polar surface area (TPSA) is 73.3 Å². The summed E-state index contributed by atoms with van der Waals surface area (Å²) in [5.74, 6) is 1.12. The van der Waals surface area contributed by atoms with Gasteiger partial charge in [0.05, 0.1) is 41.5 Å². The summed E-state index contributed by atoms with van der Waals surface area (Å²) in [5.41, 5.74) is 3.81. The van der Waals surface area contributed by atoms with Gasteiger partial charge in [-0.05, 0) is 37.3 Å². The van der Waals surface area contributed by atoms with Crippen LogP contribution in [0.2, 0.25) is 0 Å². The second-order valence-electron chi connectivity index (χ2n) is 5.82. The lowest BCUT2D eigenvalue weighted by Crippen LogP contribution is -1.99. The van der Waals surface area contributed by atoms with E-state index in [0.717, 1.165) is 16.9 Å². The van der Waals surface area contributed by atoms with E-state index < -0.39 is 0 Å². The van der Waals surface area contributed by atoms with Crippen molar-refractivity contribution in [3.05, 3.63) is 66.5 Å². The first kappa shape index (κ1) is 16.0. The van der Waals surface area contributed by atoms with Gasteiger partial charge in [-0.1, -0.05) is 23.4 Å². The molecule has 2 heterocycles. The lowest BCUT2D eigenvalue weighted by atomic mass is 10.0. The Labute approximate surface area is 150 Å². The van der Waals surface area contributed by atoms with E-state index in [9.17, 15) is 5.11 Å². The van der Waals surface area contributed by atoms with Gasteiger partial charge in [0.25, 0.3) is 0 Å². The number of rotatable bonds is 4. The van der Waals surface area contributed by atoms with E-state index in [1.165, 1.54) is 0 Å². The molecule has 0 atom stereocenters. The summed E-state index contributed by atoms with van der Waals surface area (Å²) < 4.78 is 12.5. The van der Waals surface area contributed by atoms with Gasteiger partial charge in [-0.3, -0.25) is 0 Å². The average Bonchev–Trinajstić information content (AvgIpc) is 3.28. The highest BCUT2D eigenvalue weighted by Gasteiger charge is 2.23. The number of hydrogen-bond donors (Lipinski definition) is 1. The highest BCUT2D eigenvalue weighted by atomic mass is 16.5. The Balaban J connectivity index is 1.89. The van der Waals surface area contributed by atoms with Crippen molar-refractivity contribution in [2.45, 2.75) is 6.92 Å². The normalized spacial score (nSPS) is 10.8.